The van der Waals surface area contributed by atoms with Crippen LogP contribution in [0.2, 0.25) is 0 Å². The van der Waals surface area contributed by atoms with Gasteiger partial charge in [0.15, 0.2) is 5.60 Å². The van der Waals surface area contributed by atoms with Crippen LogP contribution in [0.3, 0.4) is 0 Å². The number of hydrogen-bond acceptors (Lipinski definition) is 3. The summed E-state index contributed by atoms with van der Waals surface area (Å²) in [5.74, 6) is -1.01. The highest BCUT2D eigenvalue weighted by Gasteiger charge is 2.46. The van der Waals surface area contributed by atoms with E-state index < -0.39 is 11.6 Å². The lowest BCUT2D eigenvalue weighted by Crippen LogP contribution is -2.31. The van der Waals surface area contributed by atoms with E-state index in [1.807, 2.05) is 67.6 Å². The maximum atomic E-state index is 11.5. The molecule has 4 heteroatoms. The summed E-state index contributed by atoms with van der Waals surface area (Å²) in [6.45, 7) is 1.94. The molecule has 0 saturated carbocycles. The van der Waals surface area contributed by atoms with E-state index in [-0.39, 0.29) is 5.70 Å². The molecule has 3 rings (SSSR count). The van der Waals surface area contributed by atoms with E-state index in [0.717, 1.165) is 16.7 Å². The first-order chi connectivity index (χ1) is 10.7. The second-order valence-electron chi connectivity index (χ2n) is 5.13. The molecule has 0 aliphatic carbocycles. The van der Waals surface area contributed by atoms with Crippen molar-refractivity contribution in [2.24, 2.45) is 0 Å². The Balaban J connectivity index is 2.29. The number of aliphatic carboxylic acids is 1. The molecule has 0 fully saturated rings. The Labute approximate surface area is 129 Å². The van der Waals surface area contributed by atoms with Crippen LogP contribution in [0.15, 0.2) is 71.9 Å². The molecule has 22 heavy (non-hydrogen) atoms. The van der Waals surface area contributed by atoms with E-state index in [4.69, 9.17) is 4.84 Å². The number of hydroxylamine groups is 1. The summed E-state index contributed by atoms with van der Waals surface area (Å²) in [5, 5.41) is 9.44. The van der Waals surface area contributed by atoms with Crippen LogP contribution < -0.4 is 5.48 Å². The first-order valence-corrected chi connectivity index (χ1v) is 7.22. The molecular formula is C18H17NO3. The van der Waals surface area contributed by atoms with Crippen molar-refractivity contribution in [1.29, 1.82) is 0 Å². The molecule has 0 bridgehead atoms. The smallest absolute Gasteiger partial charge is 0.354 e. The maximum Gasteiger partial charge on any atom is 0.354 e. The zero-order chi connectivity index (χ0) is 15.6. The topological polar surface area (TPSA) is 58.6 Å². The third-order valence-corrected chi connectivity index (χ3v) is 3.96. The van der Waals surface area contributed by atoms with Crippen LogP contribution in [0.4, 0.5) is 0 Å². The summed E-state index contributed by atoms with van der Waals surface area (Å²) in [7, 11) is 0. The summed E-state index contributed by atoms with van der Waals surface area (Å²) in [4.78, 5) is 17.4. The zero-order valence-electron chi connectivity index (χ0n) is 12.2. The molecule has 0 radical (unpaired) electrons. The fourth-order valence-corrected chi connectivity index (χ4v) is 3.00. The standard InChI is InChI=1S/C18H17NO3/c1-2-15-16(17(20)21)19-22-18(15,13-9-5-3-6-10-13)14-11-7-4-8-12-14/h3-12,19H,2H2,1H3,(H,20,21). The van der Waals surface area contributed by atoms with Gasteiger partial charge >= 0.3 is 5.97 Å². The largest absolute Gasteiger partial charge is 0.477 e. The van der Waals surface area contributed by atoms with Gasteiger partial charge in [-0.2, -0.15) is 0 Å². The van der Waals surface area contributed by atoms with Crippen LogP contribution in [0, 0.1) is 0 Å². The van der Waals surface area contributed by atoms with Crippen molar-refractivity contribution in [2.45, 2.75) is 18.9 Å². The molecule has 2 aromatic rings. The van der Waals surface area contributed by atoms with Gasteiger partial charge < -0.3 is 5.11 Å². The lowest BCUT2D eigenvalue weighted by atomic mass is 9.78. The number of benzene rings is 2. The first kappa shape index (κ1) is 14.4. The Kier molecular flexibility index (Phi) is 3.69. The van der Waals surface area contributed by atoms with Crippen LogP contribution in [-0.4, -0.2) is 11.1 Å². The van der Waals surface area contributed by atoms with Gasteiger partial charge in [-0.25, -0.2) is 4.79 Å². The molecule has 0 spiro atoms. The molecule has 112 valence electrons. The molecule has 0 saturated heterocycles. The summed E-state index contributed by atoms with van der Waals surface area (Å²) in [6, 6.07) is 19.4. The molecule has 0 aromatic heterocycles. The monoisotopic (exact) mass is 295 g/mol. The molecule has 1 aliphatic heterocycles. The van der Waals surface area contributed by atoms with Crippen molar-refractivity contribution in [1.82, 2.24) is 5.48 Å². The van der Waals surface area contributed by atoms with E-state index in [2.05, 4.69) is 5.48 Å². The minimum absolute atomic E-state index is 0.121. The highest BCUT2D eigenvalue weighted by atomic mass is 16.7. The highest BCUT2D eigenvalue weighted by molar-refractivity contribution is 5.88. The van der Waals surface area contributed by atoms with Gasteiger partial charge in [-0.1, -0.05) is 67.6 Å². The van der Waals surface area contributed by atoms with E-state index in [0.29, 0.717) is 6.42 Å². The van der Waals surface area contributed by atoms with Crippen molar-refractivity contribution in [3.05, 3.63) is 83.1 Å². The van der Waals surface area contributed by atoms with E-state index >= 15 is 0 Å². The SMILES string of the molecule is CCC1=C(C(=O)O)NOC1(c1ccccc1)c1ccccc1. The van der Waals surface area contributed by atoms with E-state index in [1.54, 1.807) is 0 Å². The van der Waals surface area contributed by atoms with Gasteiger partial charge in [0.05, 0.1) is 0 Å². The third-order valence-electron chi connectivity index (χ3n) is 3.96. The average Bonchev–Trinajstić information content (AvgIpc) is 2.97. The summed E-state index contributed by atoms with van der Waals surface area (Å²) < 4.78 is 0. The quantitative estimate of drug-likeness (QED) is 0.909. The van der Waals surface area contributed by atoms with Crippen molar-refractivity contribution >= 4 is 5.97 Å². The van der Waals surface area contributed by atoms with E-state index in [9.17, 15) is 9.90 Å². The number of carboxylic acid groups (broad SMARTS) is 1. The molecule has 4 nitrogen and oxygen atoms in total. The highest BCUT2D eigenvalue weighted by Crippen LogP contribution is 2.45. The summed E-state index contributed by atoms with van der Waals surface area (Å²) in [5.41, 5.74) is 4.36. The summed E-state index contributed by atoms with van der Waals surface area (Å²) >= 11 is 0. The maximum absolute atomic E-state index is 11.5. The van der Waals surface area contributed by atoms with Gasteiger partial charge in [0.1, 0.15) is 5.70 Å². The fraction of sp³-hybridized carbons (Fsp3) is 0.167. The molecular weight excluding hydrogens is 278 g/mol. The summed E-state index contributed by atoms with van der Waals surface area (Å²) in [6.07, 6.45) is 0.568. The molecule has 1 heterocycles. The van der Waals surface area contributed by atoms with Gasteiger partial charge in [-0.05, 0) is 17.5 Å². The Morgan fingerprint density at radius 2 is 1.55 bits per heavy atom. The molecule has 0 atom stereocenters. The second kappa shape index (κ2) is 5.66. The second-order valence-corrected chi connectivity index (χ2v) is 5.13. The number of hydrogen-bond donors (Lipinski definition) is 2. The third kappa shape index (κ3) is 2.09. The van der Waals surface area contributed by atoms with Gasteiger partial charge in [0.2, 0.25) is 0 Å². The molecule has 1 aliphatic rings. The lowest BCUT2D eigenvalue weighted by Gasteiger charge is -2.31. The van der Waals surface area contributed by atoms with Crippen LogP contribution in [-0.2, 0) is 15.2 Å². The van der Waals surface area contributed by atoms with Crippen molar-refractivity contribution in [3.8, 4) is 0 Å². The average molecular weight is 295 g/mol. The van der Waals surface area contributed by atoms with Gasteiger partial charge in [-0.3, -0.25) is 10.3 Å². The lowest BCUT2D eigenvalue weighted by molar-refractivity contribution is -0.134. The number of carbonyl (C=O) groups is 1. The minimum atomic E-state index is -1.01. The predicted molar refractivity (Wildman–Crippen MR) is 82.8 cm³/mol. The number of nitrogens with one attached hydrogen (secondary N) is 1. The van der Waals surface area contributed by atoms with Crippen molar-refractivity contribution in [2.75, 3.05) is 0 Å². The predicted octanol–water partition coefficient (Wildman–Crippen LogP) is 3.21. The van der Waals surface area contributed by atoms with Gasteiger partial charge in [0.25, 0.3) is 0 Å². The zero-order valence-corrected chi connectivity index (χ0v) is 12.2. The minimum Gasteiger partial charge on any atom is -0.477 e. The van der Waals surface area contributed by atoms with Crippen molar-refractivity contribution in [3.63, 3.8) is 0 Å². The van der Waals surface area contributed by atoms with E-state index in [1.165, 1.54) is 0 Å². The van der Waals surface area contributed by atoms with Crippen LogP contribution in [0.25, 0.3) is 0 Å². The Morgan fingerprint density at radius 3 is 1.95 bits per heavy atom. The molecule has 0 unspecified atom stereocenters. The normalized spacial score (nSPS) is 16.4. The molecule has 0 amide bonds. The van der Waals surface area contributed by atoms with Crippen molar-refractivity contribution < 1.29 is 14.7 Å². The Hall–Kier alpha value is -2.59. The number of carboxylic acids is 1. The fourth-order valence-electron chi connectivity index (χ4n) is 3.00. The van der Waals surface area contributed by atoms with Crippen LogP contribution in [0.5, 0.6) is 0 Å². The van der Waals surface area contributed by atoms with Crippen LogP contribution >= 0.6 is 0 Å². The van der Waals surface area contributed by atoms with Crippen LogP contribution in [0.1, 0.15) is 24.5 Å². The first-order valence-electron chi connectivity index (χ1n) is 7.22. The molecule has 2 N–H and O–H groups in total. The number of rotatable bonds is 4. The van der Waals surface area contributed by atoms with Gasteiger partial charge in [-0.15, -0.1) is 0 Å². The Morgan fingerprint density at radius 1 is 1.05 bits per heavy atom. The molecule has 2 aromatic carbocycles. The Bertz CT molecular complexity index is 668. The van der Waals surface area contributed by atoms with Gasteiger partial charge in [0, 0.05) is 5.57 Å².